The first-order valence-electron chi connectivity index (χ1n) is 11.6. The zero-order chi connectivity index (χ0) is 26.1. The summed E-state index contributed by atoms with van der Waals surface area (Å²) in [5.74, 6) is 0.0785. The standard InChI is InChI=1S/C28H23F2N3O2S2/c1-16-13-22(17(2)33(16)20-9-11-21(12-10-20)35-28(29)30)25(34)18(3)36-26-23-14-24(19-7-5-4-6-8-19)37-27(23)32-15-31-26/h4-15,18,28H,1-3H3. The number of alkyl halides is 2. The molecule has 0 aliphatic heterocycles. The molecule has 0 radical (unpaired) electrons. The van der Waals surface area contributed by atoms with E-state index in [9.17, 15) is 13.6 Å². The maximum absolute atomic E-state index is 13.5. The van der Waals surface area contributed by atoms with E-state index in [0.29, 0.717) is 5.56 Å². The fraction of sp³-hybridized carbons (Fsp3) is 0.179. The molecule has 0 bridgehead atoms. The van der Waals surface area contributed by atoms with E-state index in [1.54, 1.807) is 29.8 Å². The van der Waals surface area contributed by atoms with Gasteiger partial charge in [-0.2, -0.15) is 8.78 Å². The number of carbonyl (C=O) groups excluding carboxylic acids is 1. The van der Waals surface area contributed by atoms with Crippen LogP contribution in [0.25, 0.3) is 26.3 Å². The second kappa shape index (κ2) is 10.4. The van der Waals surface area contributed by atoms with Crippen LogP contribution in [0.3, 0.4) is 0 Å². The molecule has 9 heteroatoms. The Morgan fingerprint density at radius 3 is 2.46 bits per heavy atom. The lowest BCUT2D eigenvalue weighted by Gasteiger charge is -2.13. The Balaban J connectivity index is 1.39. The van der Waals surface area contributed by atoms with Gasteiger partial charge in [-0.1, -0.05) is 42.1 Å². The maximum atomic E-state index is 13.5. The van der Waals surface area contributed by atoms with Crippen LogP contribution in [0.15, 0.2) is 78.1 Å². The lowest BCUT2D eigenvalue weighted by atomic mass is 10.1. The minimum atomic E-state index is -2.88. The van der Waals surface area contributed by atoms with Crippen LogP contribution in [0.1, 0.15) is 28.7 Å². The van der Waals surface area contributed by atoms with Crippen molar-refractivity contribution >= 4 is 39.1 Å². The molecule has 0 saturated carbocycles. The predicted molar refractivity (Wildman–Crippen MR) is 144 cm³/mol. The van der Waals surface area contributed by atoms with E-state index in [0.717, 1.165) is 42.8 Å². The zero-order valence-corrected chi connectivity index (χ0v) is 21.9. The molecule has 2 aromatic carbocycles. The molecule has 0 aliphatic rings. The van der Waals surface area contributed by atoms with Crippen molar-refractivity contribution in [3.05, 3.63) is 90.0 Å². The van der Waals surface area contributed by atoms with Gasteiger partial charge in [0, 0.05) is 32.9 Å². The van der Waals surface area contributed by atoms with Crippen LogP contribution in [0.2, 0.25) is 0 Å². The molecule has 0 N–H and O–H groups in total. The van der Waals surface area contributed by atoms with Gasteiger partial charge in [0.15, 0.2) is 5.78 Å². The highest BCUT2D eigenvalue weighted by molar-refractivity contribution is 8.00. The van der Waals surface area contributed by atoms with Crippen molar-refractivity contribution in [3.63, 3.8) is 0 Å². The van der Waals surface area contributed by atoms with E-state index in [2.05, 4.69) is 32.9 Å². The molecule has 0 amide bonds. The Labute approximate surface area is 221 Å². The van der Waals surface area contributed by atoms with Gasteiger partial charge in [-0.15, -0.1) is 11.3 Å². The lowest BCUT2D eigenvalue weighted by Crippen LogP contribution is -2.15. The molecule has 1 unspecified atom stereocenters. The normalized spacial score (nSPS) is 12.3. The van der Waals surface area contributed by atoms with Crippen LogP contribution < -0.4 is 4.74 Å². The minimum Gasteiger partial charge on any atom is -0.435 e. The van der Waals surface area contributed by atoms with Crippen molar-refractivity contribution in [2.24, 2.45) is 0 Å². The topological polar surface area (TPSA) is 57.0 Å². The van der Waals surface area contributed by atoms with E-state index in [1.165, 1.54) is 23.9 Å². The largest absolute Gasteiger partial charge is 0.435 e. The van der Waals surface area contributed by atoms with Gasteiger partial charge < -0.3 is 9.30 Å². The molecule has 5 aromatic rings. The van der Waals surface area contributed by atoms with Crippen molar-refractivity contribution in [2.45, 2.75) is 37.7 Å². The lowest BCUT2D eigenvalue weighted by molar-refractivity contribution is -0.0498. The van der Waals surface area contributed by atoms with Crippen molar-refractivity contribution in [2.75, 3.05) is 0 Å². The van der Waals surface area contributed by atoms with E-state index >= 15 is 0 Å². The number of thiophene rings is 1. The molecule has 3 heterocycles. The Morgan fingerprint density at radius 2 is 1.76 bits per heavy atom. The molecule has 5 rings (SSSR count). The summed E-state index contributed by atoms with van der Waals surface area (Å²) in [7, 11) is 0. The first kappa shape index (κ1) is 25.1. The SMILES string of the molecule is Cc1cc(C(=O)C(C)Sc2ncnc3sc(-c4ccccc4)cc23)c(C)n1-c1ccc(OC(F)F)cc1. The summed E-state index contributed by atoms with van der Waals surface area (Å²) >= 11 is 3.02. The van der Waals surface area contributed by atoms with Gasteiger partial charge in [-0.25, -0.2) is 9.97 Å². The van der Waals surface area contributed by atoms with Crippen LogP contribution in [-0.4, -0.2) is 32.2 Å². The summed E-state index contributed by atoms with van der Waals surface area (Å²) in [5, 5.41) is 1.33. The Kier molecular flexibility index (Phi) is 7.08. The molecule has 37 heavy (non-hydrogen) atoms. The highest BCUT2D eigenvalue weighted by Gasteiger charge is 2.24. The Hall–Kier alpha value is -3.56. The van der Waals surface area contributed by atoms with Gasteiger partial charge in [0.25, 0.3) is 0 Å². The first-order valence-corrected chi connectivity index (χ1v) is 13.3. The van der Waals surface area contributed by atoms with Crippen molar-refractivity contribution in [3.8, 4) is 21.9 Å². The monoisotopic (exact) mass is 535 g/mol. The van der Waals surface area contributed by atoms with Crippen molar-refractivity contribution in [1.29, 1.82) is 0 Å². The summed E-state index contributed by atoms with van der Waals surface area (Å²) < 4.78 is 31.4. The number of hydrogen-bond donors (Lipinski definition) is 0. The summed E-state index contributed by atoms with van der Waals surface area (Å²) in [6, 6.07) is 20.4. The number of Topliss-reactive ketones (excluding diaryl/α,β-unsaturated/α-hetero) is 1. The van der Waals surface area contributed by atoms with Crippen LogP contribution in [0, 0.1) is 13.8 Å². The van der Waals surface area contributed by atoms with E-state index in [1.807, 2.05) is 49.6 Å². The van der Waals surface area contributed by atoms with Gasteiger partial charge in [-0.05, 0) is 62.7 Å². The van der Waals surface area contributed by atoms with Crippen molar-refractivity contribution in [1.82, 2.24) is 14.5 Å². The third-order valence-corrected chi connectivity index (χ3v) is 8.23. The molecular weight excluding hydrogens is 512 g/mol. The summed E-state index contributed by atoms with van der Waals surface area (Å²) in [4.78, 5) is 24.4. The maximum Gasteiger partial charge on any atom is 0.387 e. The zero-order valence-electron chi connectivity index (χ0n) is 20.3. The molecule has 0 fully saturated rings. The smallest absolute Gasteiger partial charge is 0.387 e. The van der Waals surface area contributed by atoms with E-state index in [-0.39, 0.29) is 16.8 Å². The number of rotatable bonds is 8. The summed E-state index contributed by atoms with van der Waals surface area (Å²) in [6.45, 7) is 2.80. The van der Waals surface area contributed by atoms with E-state index < -0.39 is 6.61 Å². The number of nitrogens with zero attached hydrogens (tertiary/aromatic N) is 3. The van der Waals surface area contributed by atoms with Gasteiger partial charge in [-0.3, -0.25) is 4.79 Å². The highest BCUT2D eigenvalue weighted by Crippen LogP contribution is 2.38. The number of halogens is 2. The molecule has 0 aliphatic carbocycles. The number of fused-ring (bicyclic) bond motifs is 1. The number of carbonyl (C=O) groups is 1. The van der Waals surface area contributed by atoms with Gasteiger partial charge in [0.1, 0.15) is 21.9 Å². The quantitative estimate of drug-likeness (QED) is 0.116. The summed E-state index contributed by atoms with van der Waals surface area (Å²) in [6.07, 6.45) is 1.54. The van der Waals surface area contributed by atoms with Crippen LogP contribution >= 0.6 is 23.1 Å². The minimum absolute atomic E-state index is 0.00715. The van der Waals surface area contributed by atoms with Gasteiger partial charge in [0.2, 0.25) is 0 Å². The average molecular weight is 536 g/mol. The van der Waals surface area contributed by atoms with E-state index in [4.69, 9.17) is 0 Å². The number of ether oxygens (including phenoxy) is 1. The molecule has 0 spiro atoms. The number of aromatic nitrogens is 3. The molecular formula is C28H23F2N3O2S2. The Morgan fingerprint density at radius 1 is 1.03 bits per heavy atom. The summed E-state index contributed by atoms with van der Waals surface area (Å²) in [5.41, 5.74) is 4.15. The molecule has 188 valence electrons. The first-order chi connectivity index (χ1) is 17.8. The second-order valence-electron chi connectivity index (χ2n) is 8.49. The number of thioether (sulfide) groups is 1. The van der Waals surface area contributed by atoms with Gasteiger partial charge >= 0.3 is 6.61 Å². The van der Waals surface area contributed by atoms with Gasteiger partial charge in [0.05, 0.1) is 5.25 Å². The predicted octanol–water partition coefficient (Wildman–Crippen LogP) is 7.73. The molecule has 1 atom stereocenters. The average Bonchev–Trinajstić information content (AvgIpc) is 3.46. The molecule has 0 saturated heterocycles. The highest BCUT2D eigenvalue weighted by atomic mass is 32.2. The van der Waals surface area contributed by atoms with Crippen LogP contribution in [0.4, 0.5) is 8.78 Å². The van der Waals surface area contributed by atoms with Crippen LogP contribution in [-0.2, 0) is 0 Å². The fourth-order valence-corrected chi connectivity index (χ4v) is 6.33. The Bertz CT molecular complexity index is 1560. The number of hydrogen-bond acceptors (Lipinski definition) is 6. The molecule has 3 aromatic heterocycles. The van der Waals surface area contributed by atoms with Crippen LogP contribution in [0.5, 0.6) is 5.75 Å². The third-order valence-electron chi connectivity index (χ3n) is 6.03. The number of benzene rings is 2. The number of aryl methyl sites for hydroxylation is 1. The second-order valence-corrected chi connectivity index (χ2v) is 10.9. The number of ketones is 1. The molecule has 5 nitrogen and oxygen atoms in total. The third kappa shape index (κ3) is 5.14. The fourth-order valence-electron chi connectivity index (χ4n) is 4.30. The van der Waals surface area contributed by atoms with Crippen molar-refractivity contribution < 1.29 is 18.3 Å².